The van der Waals surface area contributed by atoms with E-state index in [0.717, 1.165) is 22.3 Å². The van der Waals surface area contributed by atoms with Gasteiger partial charge in [-0.15, -0.1) is 12.4 Å². The molecule has 2 aromatic carbocycles. The number of halogens is 1. The summed E-state index contributed by atoms with van der Waals surface area (Å²) in [6.45, 7) is 6.10. The minimum atomic E-state index is -0.938. The van der Waals surface area contributed by atoms with Crippen LogP contribution in [0.4, 0.5) is 5.82 Å². The molecule has 2 N–H and O–H groups in total. The monoisotopic (exact) mass is 442 g/mol. The summed E-state index contributed by atoms with van der Waals surface area (Å²) < 4.78 is 0. The van der Waals surface area contributed by atoms with E-state index in [1.165, 1.54) is 0 Å². The Morgan fingerprint density at radius 1 is 1.10 bits per heavy atom. The maximum Gasteiger partial charge on any atom is 0.251 e. The number of benzene rings is 2. The molecule has 31 heavy (non-hydrogen) atoms. The minimum Gasteiger partial charge on any atom is -0.507 e. The summed E-state index contributed by atoms with van der Waals surface area (Å²) in [5, 5.41) is 21.1. The van der Waals surface area contributed by atoms with Gasteiger partial charge in [0.1, 0.15) is 17.7 Å². The summed E-state index contributed by atoms with van der Waals surface area (Å²) in [5.74, 6) is 1.19. The Kier molecular flexibility index (Phi) is 6.97. The van der Waals surface area contributed by atoms with Crippen LogP contribution >= 0.6 is 12.4 Å². The second-order valence-corrected chi connectivity index (χ2v) is 7.64. The molecule has 0 aliphatic carbocycles. The van der Waals surface area contributed by atoms with Crippen molar-refractivity contribution in [3.8, 4) is 17.1 Å². The number of hydrogen-bond donors (Lipinski definition) is 2. The second kappa shape index (κ2) is 9.49. The van der Waals surface area contributed by atoms with E-state index in [9.17, 15) is 15.0 Å². The molecule has 1 atom stereocenters. The van der Waals surface area contributed by atoms with Gasteiger partial charge in [-0.05, 0) is 43.2 Å². The van der Waals surface area contributed by atoms with Crippen LogP contribution < -0.4 is 4.90 Å². The van der Waals surface area contributed by atoms with E-state index >= 15 is 0 Å². The van der Waals surface area contributed by atoms with Gasteiger partial charge in [0.15, 0.2) is 5.82 Å². The van der Waals surface area contributed by atoms with Crippen LogP contribution in [0, 0.1) is 6.92 Å². The van der Waals surface area contributed by atoms with E-state index in [1.54, 1.807) is 30.0 Å². The number of aliphatic hydroxyl groups is 1. The second-order valence-electron chi connectivity index (χ2n) is 7.64. The molecule has 0 radical (unpaired) electrons. The number of aromatic nitrogens is 2. The molecule has 1 unspecified atom stereocenters. The highest BCUT2D eigenvalue weighted by Crippen LogP contribution is 2.32. The van der Waals surface area contributed by atoms with Crippen molar-refractivity contribution in [2.75, 3.05) is 31.1 Å². The van der Waals surface area contributed by atoms with Crippen LogP contribution in [0.1, 0.15) is 18.9 Å². The molecule has 2 heterocycles. The zero-order chi connectivity index (χ0) is 21.3. The number of nitrogens with zero attached hydrogens (tertiary/aromatic N) is 4. The Morgan fingerprint density at radius 3 is 2.48 bits per heavy atom. The summed E-state index contributed by atoms with van der Waals surface area (Å²) in [6, 6.07) is 13.1. The molecule has 0 spiro atoms. The van der Waals surface area contributed by atoms with Gasteiger partial charge in [-0.1, -0.05) is 25.1 Å². The van der Waals surface area contributed by atoms with E-state index in [4.69, 9.17) is 9.97 Å². The number of fused-ring (bicyclic) bond motifs is 1. The van der Waals surface area contributed by atoms with Crippen LogP contribution in [0.15, 0.2) is 42.5 Å². The third kappa shape index (κ3) is 4.57. The van der Waals surface area contributed by atoms with Gasteiger partial charge < -0.3 is 20.0 Å². The fourth-order valence-electron chi connectivity index (χ4n) is 3.77. The third-order valence-corrected chi connectivity index (χ3v) is 5.54. The topological polar surface area (TPSA) is 89.8 Å². The molecule has 1 aliphatic rings. The van der Waals surface area contributed by atoms with Crippen LogP contribution in [-0.4, -0.2) is 63.3 Å². The molecule has 1 amide bonds. The van der Waals surface area contributed by atoms with Crippen LogP contribution in [0.25, 0.3) is 22.3 Å². The van der Waals surface area contributed by atoms with Gasteiger partial charge in [0, 0.05) is 31.6 Å². The maximum atomic E-state index is 12.3. The van der Waals surface area contributed by atoms with Crippen molar-refractivity contribution >= 4 is 35.0 Å². The zero-order valence-electron chi connectivity index (χ0n) is 17.7. The quantitative estimate of drug-likeness (QED) is 0.645. The smallest absolute Gasteiger partial charge is 0.251 e. The molecule has 0 saturated carbocycles. The molecule has 1 saturated heterocycles. The van der Waals surface area contributed by atoms with Gasteiger partial charge in [0.05, 0.1) is 11.1 Å². The lowest BCUT2D eigenvalue weighted by atomic mass is 10.1. The largest absolute Gasteiger partial charge is 0.507 e. The number of carbonyl (C=O) groups excluding carboxylic acids is 1. The van der Waals surface area contributed by atoms with Gasteiger partial charge >= 0.3 is 0 Å². The molecular formula is C23H27ClN4O3. The van der Waals surface area contributed by atoms with Gasteiger partial charge in [0.25, 0.3) is 5.91 Å². The molecule has 0 bridgehead atoms. The normalized spacial score (nSPS) is 14.9. The summed E-state index contributed by atoms with van der Waals surface area (Å²) in [5.41, 5.74) is 2.50. The van der Waals surface area contributed by atoms with Crippen molar-refractivity contribution in [1.29, 1.82) is 0 Å². The van der Waals surface area contributed by atoms with Crippen molar-refractivity contribution in [2.45, 2.75) is 26.4 Å². The number of anilines is 1. The van der Waals surface area contributed by atoms with E-state index < -0.39 is 6.10 Å². The number of aliphatic hydroxyl groups excluding tert-OH is 1. The zero-order valence-corrected chi connectivity index (χ0v) is 18.5. The molecule has 3 aromatic rings. The lowest BCUT2D eigenvalue weighted by molar-refractivity contribution is -0.140. The van der Waals surface area contributed by atoms with E-state index in [-0.39, 0.29) is 24.1 Å². The highest BCUT2D eigenvalue weighted by atomic mass is 35.5. The summed E-state index contributed by atoms with van der Waals surface area (Å²) in [4.78, 5) is 25.7. The van der Waals surface area contributed by atoms with Crippen LogP contribution in [0.3, 0.4) is 0 Å². The van der Waals surface area contributed by atoms with Gasteiger partial charge in [-0.2, -0.15) is 0 Å². The van der Waals surface area contributed by atoms with Gasteiger partial charge in [0.2, 0.25) is 0 Å². The lowest BCUT2D eigenvalue weighted by Gasteiger charge is -2.36. The summed E-state index contributed by atoms with van der Waals surface area (Å²) >= 11 is 0. The lowest BCUT2D eigenvalue weighted by Crippen LogP contribution is -2.51. The van der Waals surface area contributed by atoms with Crippen molar-refractivity contribution in [3.05, 3.63) is 48.0 Å². The minimum absolute atomic E-state index is 0. The molecule has 164 valence electrons. The van der Waals surface area contributed by atoms with E-state index in [2.05, 4.69) is 4.90 Å². The van der Waals surface area contributed by atoms with E-state index in [1.807, 2.05) is 31.2 Å². The molecule has 1 fully saturated rings. The third-order valence-electron chi connectivity index (χ3n) is 5.54. The highest BCUT2D eigenvalue weighted by Gasteiger charge is 2.27. The van der Waals surface area contributed by atoms with E-state index in [0.29, 0.717) is 44.0 Å². The summed E-state index contributed by atoms with van der Waals surface area (Å²) in [6.07, 6.45) is -0.522. The number of hydrogen-bond acceptors (Lipinski definition) is 6. The number of rotatable bonds is 4. The highest BCUT2D eigenvalue weighted by molar-refractivity contribution is 5.92. The SMILES string of the molecule is CCC(O)C(=O)N1CCN(c2nc(-c3ccccc3O)nc3cc(C)ccc23)CC1.Cl. The first-order valence-corrected chi connectivity index (χ1v) is 10.3. The summed E-state index contributed by atoms with van der Waals surface area (Å²) in [7, 11) is 0. The fraction of sp³-hybridized carbons (Fsp3) is 0.348. The Bertz CT molecular complexity index is 1080. The number of piperazine rings is 1. The molecule has 7 nitrogen and oxygen atoms in total. The average molecular weight is 443 g/mol. The predicted octanol–water partition coefficient (Wildman–Crippen LogP) is 3.15. The standard InChI is InChI=1S/C23H26N4O3.ClH/c1-3-19(28)23(30)27-12-10-26(11-13-27)22-16-9-8-15(2)14-18(16)24-21(25-22)17-6-4-5-7-20(17)29;/h4-9,14,19,28-29H,3,10-13H2,1-2H3;1H. The van der Waals surface area contributed by atoms with Crippen molar-refractivity contribution < 1.29 is 15.0 Å². The van der Waals surface area contributed by atoms with Gasteiger partial charge in [-0.25, -0.2) is 9.97 Å². The Labute approximate surface area is 187 Å². The van der Waals surface area contributed by atoms with Crippen molar-refractivity contribution in [3.63, 3.8) is 0 Å². The number of aryl methyl sites for hydroxylation is 1. The fourth-order valence-corrected chi connectivity index (χ4v) is 3.77. The van der Waals surface area contributed by atoms with Gasteiger partial charge in [-0.3, -0.25) is 4.79 Å². The van der Waals surface area contributed by atoms with Crippen LogP contribution in [0.5, 0.6) is 5.75 Å². The Balaban J connectivity index is 0.00000272. The number of phenols is 1. The van der Waals surface area contributed by atoms with Crippen LogP contribution in [-0.2, 0) is 4.79 Å². The first-order chi connectivity index (χ1) is 14.5. The molecule has 4 rings (SSSR count). The first-order valence-electron chi connectivity index (χ1n) is 10.3. The maximum absolute atomic E-state index is 12.3. The molecule has 1 aliphatic heterocycles. The number of para-hydroxylation sites is 1. The number of aromatic hydroxyl groups is 1. The molecular weight excluding hydrogens is 416 g/mol. The average Bonchev–Trinajstić information content (AvgIpc) is 2.77. The Hall–Kier alpha value is -2.90. The number of amides is 1. The molecule has 1 aromatic heterocycles. The Morgan fingerprint density at radius 2 is 1.81 bits per heavy atom. The van der Waals surface area contributed by atoms with Crippen molar-refractivity contribution in [2.24, 2.45) is 0 Å². The number of phenolic OH excluding ortho intramolecular Hbond substituents is 1. The van der Waals surface area contributed by atoms with Crippen LogP contribution in [0.2, 0.25) is 0 Å². The number of carbonyl (C=O) groups is 1. The predicted molar refractivity (Wildman–Crippen MR) is 124 cm³/mol. The first kappa shape index (κ1) is 22.8. The molecule has 8 heteroatoms. The van der Waals surface area contributed by atoms with Crippen molar-refractivity contribution in [1.82, 2.24) is 14.9 Å².